The van der Waals surface area contributed by atoms with Gasteiger partial charge in [-0.25, -0.2) is 8.42 Å². The van der Waals surface area contributed by atoms with Crippen LogP contribution < -0.4 is 4.72 Å². The van der Waals surface area contributed by atoms with Crippen LogP contribution in [0, 0.1) is 16.0 Å². The second-order valence-electron chi connectivity index (χ2n) is 5.01. The van der Waals surface area contributed by atoms with Crippen molar-refractivity contribution in [2.75, 3.05) is 0 Å². The predicted octanol–water partition coefficient (Wildman–Crippen LogP) is 2.03. The topological polar surface area (TPSA) is 127 Å². The summed E-state index contributed by atoms with van der Waals surface area (Å²) in [7, 11) is -4.37. The summed E-state index contributed by atoms with van der Waals surface area (Å²) >= 11 is 5.62. The number of carboxylic acid groups (broad SMARTS) is 1. The number of aliphatic carboxylic acids is 1. The highest BCUT2D eigenvalue weighted by Gasteiger charge is 2.31. The van der Waals surface area contributed by atoms with E-state index in [-0.39, 0.29) is 17.4 Å². The fourth-order valence-corrected chi connectivity index (χ4v) is 3.30. The van der Waals surface area contributed by atoms with Crippen molar-refractivity contribution in [3.8, 4) is 0 Å². The summed E-state index contributed by atoms with van der Waals surface area (Å²) < 4.78 is 26.5. The molecule has 8 nitrogen and oxygen atoms in total. The molecule has 1 atom stereocenters. The van der Waals surface area contributed by atoms with Crippen LogP contribution in [0.5, 0.6) is 0 Å². The number of sulfonamides is 1. The first-order valence-corrected chi connectivity index (χ1v) is 8.09. The highest BCUT2D eigenvalue weighted by molar-refractivity contribution is 7.89. The molecule has 1 aromatic carbocycles. The average Bonchev–Trinajstić information content (AvgIpc) is 2.36. The van der Waals surface area contributed by atoms with Gasteiger partial charge in [-0.15, -0.1) is 0 Å². The van der Waals surface area contributed by atoms with E-state index in [0.29, 0.717) is 0 Å². The number of halogens is 1. The molecule has 10 heteroatoms. The minimum atomic E-state index is -4.37. The number of rotatable bonds is 7. The Balaban J connectivity index is 3.24. The molecule has 0 aliphatic carbocycles. The molecule has 0 fully saturated rings. The molecule has 2 N–H and O–H groups in total. The molecule has 0 aliphatic heterocycles. The van der Waals surface area contributed by atoms with Crippen molar-refractivity contribution in [2.24, 2.45) is 5.92 Å². The Morgan fingerprint density at radius 1 is 1.45 bits per heavy atom. The van der Waals surface area contributed by atoms with Gasteiger partial charge in [0.15, 0.2) is 4.90 Å². The molecule has 22 heavy (non-hydrogen) atoms. The normalized spacial score (nSPS) is 13.1. The molecule has 0 aliphatic rings. The van der Waals surface area contributed by atoms with E-state index in [1.54, 1.807) is 13.8 Å². The van der Waals surface area contributed by atoms with Crippen molar-refractivity contribution in [1.82, 2.24) is 4.72 Å². The zero-order chi connectivity index (χ0) is 17.1. The van der Waals surface area contributed by atoms with Gasteiger partial charge in [-0.1, -0.05) is 25.4 Å². The van der Waals surface area contributed by atoms with Crippen LogP contribution in [-0.2, 0) is 14.8 Å². The number of hydrogen-bond donors (Lipinski definition) is 2. The number of hydrogen-bond acceptors (Lipinski definition) is 5. The molecule has 0 aromatic heterocycles. The second kappa shape index (κ2) is 7.03. The summed E-state index contributed by atoms with van der Waals surface area (Å²) in [6.07, 6.45) is 0.0515. The SMILES string of the molecule is CC(C)C[C@@H](NS(=O)(=O)c1ccc(Cl)cc1[N+](=O)[O-])C(=O)O. The van der Waals surface area contributed by atoms with Gasteiger partial charge in [0.1, 0.15) is 6.04 Å². The van der Waals surface area contributed by atoms with Gasteiger partial charge in [0, 0.05) is 11.1 Å². The number of nitrogens with one attached hydrogen (secondary N) is 1. The maximum atomic E-state index is 12.2. The van der Waals surface area contributed by atoms with Crippen molar-refractivity contribution < 1.29 is 23.2 Å². The van der Waals surface area contributed by atoms with Gasteiger partial charge >= 0.3 is 5.97 Å². The molecule has 0 spiro atoms. The van der Waals surface area contributed by atoms with Gasteiger partial charge < -0.3 is 5.11 Å². The molecule has 0 heterocycles. The zero-order valence-corrected chi connectivity index (χ0v) is 13.4. The Labute approximate surface area is 132 Å². The molecular formula is C12H15ClN2O6S. The van der Waals surface area contributed by atoms with Crippen molar-refractivity contribution in [1.29, 1.82) is 0 Å². The smallest absolute Gasteiger partial charge is 0.321 e. The summed E-state index contributed by atoms with van der Waals surface area (Å²) in [6.45, 7) is 3.46. The van der Waals surface area contributed by atoms with E-state index in [1.807, 2.05) is 4.72 Å². The summed E-state index contributed by atoms with van der Waals surface area (Å²) in [5, 5.41) is 20.0. The van der Waals surface area contributed by atoms with Crippen molar-refractivity contribution in [3.63, 3.8) is 0 Å². The minimum absolute atomic E-state index is 0.00242. The Bertz CT molecular complexity index is 689. The van der Waals surface area contributed by atoms with Crippen LogP contribution in [0.15, 0.2) is 23.1 Å². The highest BCUT2D eigenvalue weighted by Crippen LogP contribution is 2.27. The largest absolute Gasteiger partial charge is 0.480 e. The number of carboxylic acids is 1. The third-order valence-electron chi connectivity index (χ3n) is 2.71. The molecule has 0 saturated heterocycles. The molecule has 0 bridgehead atoms. The van der Waals surface area contributed by atoms with E-state index in [0.717, 1.165) is 12.1 Å². The fraction of sp³-hybridized carbons (Fsp3) is 0.417. The number of nitro benzene ring substituents is 1. The van der Waals surface area contributed by atoms with E-state index < -0.39 is 37.5 Å². The maximum absolute atomic E-state index is 12.2. The van der Waals surface area contributed by atoms with Crippen LogP contribution in [0.25, 0.3) is 0 Å². The van der Waals surface area contributed by atoms with Crippen LogP contribution in [-0.4, -0.2) is 30.5 Å². The molecule has 0 saturated carbocycles. The molecule has 1 aromatic rings. The quantitative estimate of drug-likeness (QED) is 0.572. The lowest BCUT2D eigenvalue weighted by Crippen LogP contribution is -2.41. The van der Waals surface area contributed by atoms with Gasteiger partial charge in [-0.3, -0.25) is 14.9 Å². The Morgan fingerprint density at radius 2 is 2.05 bits per heavy atom. The maximum Gasteiger partial charge on any atom is 0.321 e. The molecule has 0 amide bonds. The molecular weight excluding hydrogens is 336 g/mol. The minimum Gasteiger partial charge on any atom is -0.480 e. The van der Waals surface area contributed by atoms with Crippen LogP contribution >= 0.6 is 11.6 Å². The van der Waals surface area contributed by atoms with Crippen LogP contribution in [0.4, 0.5) is 5.69 Å². The van der Waals surface area contributed by atoms with Crippen molar-refractivity contribution in [2.45, 2.75) is 31.2 Å². The highest BCUT2D eigenvalue weighted by atomic mass is 35.5. The zero-order valence-electron chi connectivity index (χ0n) is 11.8. The predicted molar refractivity (Wildman–Crippen MR) is 79.3 cm³/mol. The third kappa shape index (κ3) is 4.65. The van der Waals surface area contributed by atoms with E-state index in [4.69, 9.17) is 16.7 Å². The van der Waals surface area contributed by atoms with E-state index >= 15 is 0 Å². The van der Waals surface area contributed by atoms with Crippen LogP contribution in [0.3, 0.4) is 0 Å². The number of nitrogens with zero attached hydrogens (tertiary/aromatic N) is 1. The number of benzene rings is 1. The average molecular weight is 351 g/mol. The summed E-state index contributed by atoms with van der Waals surface area (Å²) in [6, 6.07) is 1.67. The Morgan fingerprint density at radius 3 is 2.50 bits per heavy atom. The molecule has 1 rings (SSSR count). The monoisotopic (exact) mass is 350 g/mol. The van der Waals surface area contributed by atoms with Crippen molar-refractivity contribution >= 4 is 33.3 Å². The first kappa shape index (κ1) is 18.3. The van der Waals surface area contributed by atoms with Gasteiger partial charge in [0.2, 0.25) is 10.0 Å². The van der Waals surface area contributed by atoms with Crippen LogP contribution in [0.1, 0.15) is 20.3 Å². The third-order valence-corrected chi connectivity index (χ3v) is 4.46. The van der Waals surface area contributed by atoms with Crippen LogP contribution in [0.2, 0.25) is 5.02 Å². The first-order valence-electron chi connectivity index (χ1n) is 6.23. The Kier molecular flexibility index (Phi) is 5.86. The molecule has 0 radical (unpaired) electrons. The van der Waals surface area contributed by atoms with Crippen molar-refractivity contribution in [3.05, 3.63) is 33.3 Å². The Hall–Kier alpha value is -1.71. The molecule has 122 valence electrons. The number of carbonyl (C=O) groups is 1. The van der Waals surface area contributed by atoms with Gasteiger partial charge in [-0.05, 0) is 24.5 Å². The lowest BCUT2D eigenvalue weighted by atomic mass is 10.1. The lowest BCUT2D eigenvalue weighted by molar-refractivity contribution is -0.387. The van der Waals surface area contributed by atoms with E-state index in [2.05, 4.69) is 0 Å². The second-order valence-corrected chi connectivity index (χ2v) is 7.13. The molecule has 0 unspecified atom stereocenters. The van der Waals surface area contributed by atoms with E-state index in [1.165, 1.54) is 6.07 Å². The number of nitro groups is 1. The lowest BCUT2D eigenvalue weighted by Gasteiger charge is -2.16. The summed E-state index contributed by atoms with van der Waals surface area (Å²) in [5.41, 5.74) is -0.714. The summed E-state index contributed by atoms with van der Waals surface area (Å²) in [5.74, 6) is -1.43. The van der Waals surface area contributed by atoms with Gasteiger partial charge in [0.25, 0.3) is 5.69 Å². The van der Waals surface area contributed by atoms with Gasteiger partial charge in [-0.2, -0.15) is 4.72 Å². The standard InChI is InChI=1S/C12H15ClN2O6S/c1-7(2)5-9(12(16)17)14-22(20,21)11-4-3-8(13)6-10(11)15(18)19/h3-4,6-7,9,14H,5H2,1-2H3,(H,16,17)/t9-/m1/s1. The summed E-state index contributed by atoms with van der Waals surface area (Å²) in [4.78, 5) is 20.6. The fourth-order valence-electron chi connectivity index (χ4n) is 1.78. The van der Waals surface area contributed by atoms with E-state index in [9.17, 15) is 23.3 Å². The first-order chi connectivity index (χ1) is 10.0. The van der Waals surface area contributed by atoms with Gasteiger partial charge in [0.05, 0.1) is 4.92 Å².